The number of carbonyl (C=O) groups is 1. The summed E-state index contributed by atoms with van der Waals surface area (Å²) in [5, 5.41) is 0. The van der Waals surface area contributed by atoms with Gasteiger partial charge in [-0.05, 0) is 53.7 Å². The van der Waals surface area contributed by atoms with Gasteiger partial charge in [0.2, 0.25) is 0 Å². The second-order valence-electron chi connectivity index (χ2n) is 5.59. The lowest BCUT2D eigenvalue weighted by Gasteiger charge is -2.12. The summed E-state index contributed by atoms with van der Waals surface area (Å²) in [6, 6.07) is 15.9. The van der Waals surface area contributed by atoms with E-state index in [1.807, 2.05) is 24.3 Å². The highest BCUT2D eigenvalue weighted by Gasteiger charge is 2.14. The van der Waals surface area contributed by atoms with E-state index in [1.165, 1.54) is 11.1 Å². The van der Waals surface area contributed by atoms with Gasteiger partial charge < -0.3 is 11.5 Å². The molecule has 23 heavy (non-hydrogen) atoms. The van der Waals surface area contributed by atoms with Gasteiger partial charge in [0.05, 0.1) is 0 Å². The lowest BCUT2D eigenvalue weighted by Crippen LogP contribution is -2.24. The predicted molar refractivity (Wildman–Crippen MR) is 93.0 cm³/mol. The molecule has 0 heterocycles. The minimum atomic E-state index is -0.422. The maximum absolute atomic E-state index is 12.0. The summed E-state index contributed by atoms with van der Waals surface area (Å²) in [4.78, 5) is 15.6. The Morgan fingerprint density at radius 2 is 1.87 bits per heavy atom. The Bertz CT molecular complexity index is 802. The first-order valence-corrected chi connectivity index (χ1v) is 7.68. The summed E-state index contributed by atoms with van der Waals surface area (Å²) in [5.74, 6) is -0.645. The van der Waals surface area contributed by atoms with E-state index in [4.69, 9.17) is 11.5 Å². The zero-order chi connectivity index (χ0) is 16.2. The van der Waals surface area contributed by atoms with Crippen LogP contribution < -0.4 is 11.5 Å². The van der Waals surface area contributed by atoms with Gasteiger partial charge >= 0.3 is 0 Å². The maximum Gasteiger partial charge on any atom is 0.280 e. The van der Waals surface area contributed by atoms with E-state index in [9.17, 15) is 4.79 Å². The van der Waals surface area contributed by atoms with Crippen LogP contribution in [0, 0.1) is 0 Å². The molecule has 0 fully saturated rings. The maximum atomic E-state index is 12.0. The number of hydrogen-bond acceptors (Lipinski definition) is 1. The molecule has 0 unspecified atom stereocenters. The van der Waals surface area contributed by atoms with Gasteiger partial charge in [-0.3, -0.25) is 4.79 Å². The predicted octanol–water partition coefficient (Wildman–Crippen LogP) is 2.87. The molecule has 0 aromatic heterocycles. The highest BCUT2D eigenvalue weighted by Crippen LogP contribution is 2.31. The van der Waals surface area contributed by atoms with Crippen LogP contribution in [0.3, 0.4) is 0 Å². The number of guanidine groups is 1. The number of fused-ring (bicyclic) bond motifs is 1. The first kappa shape index (κ1) is 15.0. The van der Waals surface area contributed by atoms with Crippen molar-refractivity contribution in [3.05, 3.63) is 76.9 Å². The van der Waals surface area contributed by atoms with Crippen molar-refractivity contribution in [2.24, 2.45) is 16.5 Å². The number of aryl methyl sites for hydroxylation is 1. The molecule has 1 amide bonds. The summed E-state index contributed by atoms with van der Waals surface area (Å²) >= 11 is 0. The van der Waals surface area contributed by atoms with Gasteiger partial charge in [-0.15, -0.1) is 0 Å². The number of nitrogens with two attached hydrogens (primary N) is 2. The van der Waals surface area contributed by atoms with Gasteiger partial charge in [0, 0.05) is 5.56 Å². The molecular weight excluding hydrogens is 286 g/mol. The first-order valence-electron chi connectivity index (χ1n) is 7.68. The van der Waals surface area contributed by atoms with Crippen LogP contribution >= 0.6 is 0 Å². The van der Waals surface area contributed by atoms with E-state index in [2.05, 4.69) is 29.3 Å². The molecule has 1 aliphatic carbocycles. The topological polar surface area (TPSA) is 81.5 Å². The molecule has 0 saturated carbocycles. The zero-order valence-corrected chi connectivity index (χ0v) is 12.8. The third-order valence-electron chi connectivity index (χ3n) is 3.96. The van der Waals surface area contributed by atoms with Crippen molar-refractivity contribution in [1.29, 1.82) is 0 Å². The van der Waals surface area contributed by atoms with Crippen molar-refractivity contribution in [3.8, 4) is 0 Å². The molecular formula is C19H19N3O. The molecule has 0 aliphatic heterocycles. The number of allylic oxidation sites excluding steroid dienone is 1. The van der Waals surface area contributed by atoms with Crippen LogP contribution in [0.1, 0.15) is 39.9 Å². The fraction of sp³-hybridized carbons (Fsp3) is 0.158. The van der Waals surface area contributed by atoms with Crippen LogP contribution in [0.5, 0.6) is 0 Å². The van der Waals surface area contributed by atoms with Gasteiger partial charge in [-0.2, -0.15) is 4.99 Å². The molecule has 4 N–H and O–H groups in total. The van der Waals surface area contributed by atoms with Crippen molar-refractivity contribution in [1.82, 2.24) is 0 Å². The number of hydrogen-bond donors (Lipinski definition) is 2. The van der Waals surface area contributed by atoms with Gasteiger partial charge in [-0.25, -0.2) is 0 Å². The molecule has 116 valence electrons. The van der Waals surface area contributed by atoms with Gasteiger partial charge in [0.1, 0.15) is 0 Å². The van der Waals surface area contributed by atoms with Gasteiger partial charge in [0.25, 0.3) is 5.91 Å². The Morgan fingerprint density at radius 1 is 1.04 bits per heavy atom. The highest BCUT2D eigenvalue weighted by molar-refractivity contribution is 6.02. The second-order valence-corrected chi connectivity index (χ2v) is 5.59. The minimum Gasteiger partial charge on any atom is -0.370 e. The van der Waals surface area contributed by atoms with E-state index in [-0.39, 0.29) is 5.96 Å². The molecule has 1 aliphatic rings. The molecule has 0 radical (unpaired) electrons. The largest absolute Gasteiger partial charge is 0.370 e. The van der Waals surface area contributed by atoms with Crippen molar-refractivity contribution in [2.45, 2.75) is 19.3 Å². The Balaban J connectivity index is 2.04. The smallest absolute Gasteiger partial charge is 0.280 e. The summed E-state index contributed by atoms with van der Waals surface area (Å²) in [7, 11) is 0. The van der Waals surface area contributed by atoms with E-state index in [0.29, 0.717) is 5.56 Å². The first-order chi connectivity index (χ1) is 11.1. The van der Waals surface area contributed by atoms with E-state index < -0.39 is 5.91 Å². The molecule has 2 aromatic carbocycles. The molecule has 2 aromatic rings. The van der Waals surface area contributed by atoms with Crippen molar-refractivity contribution >= 4 is 17.4 Å². The van der Waals surface area contributed by atoms with E-state index in [0.717, 1.165) is 30.4 Å². The molecule has 4 heteroatoms. The third-order valence-corrected chi connectivity index (χ3v) is 3.96. The Labute approximate surface area is 135 Å². The lowest BCUT2D eigenvalue weighted by molar-refractivity contribution is 0.100. The summed E-state index contributed by atoms with van der Waals surface area (Å²) < 4.78 is 0. The molecule has 3 rings (SSSR count). The molecule has 4 nitrogen and oxygen atoms in total. The average molecular weight is 305 g/mol. The summed E-state index contributed by atoms with van der Waals surface area (Å²) in [6.45, 7) is 0. The van der Waals surface area contributed by atoms with Crippen LogP contribution in [0.2, 0.25) is 0 Å². The molecule has 0 spiro atoms. The number of rotatable bonds is 2. The van der Waals surface area contributed by atoms with Crippen LogP contribution in [-0.4, -0.2) is 11.9 Å². The normalized spacial score (nSPS) is 13.5. The van der Waals surface area contributed by atoms with E-state index >= 15 is 0 Å². The quantitative estimate of drug-likeness (QED) is 0.661. The monoisotopic (exact) mass is 305 g/mol. The molecule has 0 atom stereocenters. The third kappa shape index (κ3) is 3.31. The summed E-state index contributed by atoms with van der Waals surface area (Å²) in [6.07, 6.45) is 5.47. The Hall–Kier alpha value is -2.88. The fourth-order valence-corrected chi connectivity index (χ4v) is 2.92. The molecule has 0 bridgehead atoms. The number of amides is 1. The van der Waals surface area contributed by atoms with Crippen LogP contribution in [0.25, 0.3) is 5.57 Å². The van der Waals surface area contributed by atoms with Crippen LogP contribution in [-0.2, 0) is 6.42 Å². The van der Waals surface area contributed by atoms with Crippen molar-refractivity contribution in [2.75, 3.05) is 0 Å². The van der Waals surface area contributed by atoms with Crippen molar-refractivity contribution < 1.29 is 4.79 Å². The minimum absolute atomic E-state index is 0.223. The highest BCUT2D eigenvalue weighted by atomic mass is 16.1. The molecule has 0 saturated heterocycles. The fourth-order valence-electron chi connectivity index (χ4n) is 2.92. The SMILES string of the molecule is NC(N)=NC(=O)c1cccc(C2=CCCCc3ccccc32)c1. The van der Waals surface area contributed by atoms with Gasteiger partial charge in [-0.1, -0.05) is 42.5 Å². The number of aliphatic imine (C=N–C) groups is 1. The zero-order valence-electron chi connectivity index (χ0n) is 12.8. The summed E-state index contributed by atoms with van der Waals surface area (Å²) in [5.41, 5.74) is 15.8. The standard InChI is InChI=1S/C19H19N3O/c20-19(21)22-18(23)15-9-5-8-14(12-15)17-11-4-2-7-13-6-1-3-10-16(13)17/h1,3,5-6,8-12H,2,4,7H2,(H4,20,21,22,23). The number of nitrogens with zero attached hydrogens (tertiary/aromatic N) is 1. The Kier molecular flexibility index (Phi) is 4.24. The van der Waals surface area contributed by atoms with Gasteiger partial charge in [0.15, 0.2) is 5.96 Å². The van der Waals surface area contributed by atoms with Crippen LogP contribution in [0.4, 0.5) is 0 Å². The number of benzene rings is 2. The Morgan fingerprint density at radius 3 is 2.70 bits per heavy atom. The average Bonchev–Trinajstić information content (AvgIpc) is 2.77. The van der Waals surface area contributed by atoms with E-state index in [1.54, 1.807) is 6.07 Å². The second kappa shape index (κ2) is 6.48. The van der Waals surface area contributed by atoms with Crippen LogP contribution in [0.15, 0.2) is 59.6 Å². The van der Waals surface area contributed by atoms with Crippen molar-refractivity contribution in [3.63, 3.8) is 0 Å². The lowest BCUT2D eigenvalue weighted by atomic mass is 9.93. The number of carbonyl (C=O) groups excluding carboxylic acids is 1.